The molecule has 0 saturated carbocycles. The molecule has 2 aliphatic rings. The molecule has 0 radical (unpaired) electrons. The molecule has 1 N–H and O–H groups in total. The van der Waals surface area contributed by atoms with E-state index in [0.717, 1.165) is 64.3 Å². The molecule has 10 nitrogen and oxygen atoms in total. The van der Waals surface area contributed by atoms with Crippen LogP contribution in [0.3, 0.4) is 0 Å². The maximum Gasteiger partial charge on any atom is 0.335 e. The molecule has 1 saturated heterocycles. The van der Waals surface area contributed by atoms with Crippen molar-refractivity contribution in [2.75, 3.05) is 13.2 Å². The normalized spacial score (nSPS) is 16.4. The monoisotopic (exact) mass is 576 g/mol. The molecule has 6 heterocycles. The predicted octanol–water partition coefficient (Wildman–Crippen LogP) is 5.12. The lowest BCUT2D eigenvalue weighted by Crippen LogP contribution is -2.32. The van der Waals surface area contributed by atoms with Gasteiger partial charge in [0, 0.05) is 37.2 Å². The number of allylic oxidation sites excluding steroid dienone is 2. The summed E-state index contributed by atoms with van der Waals surface area (Å²) in [6.07, 6.45) is 10.3. The number of aryl methyl sites for hydroxylation is 1. The number of hydrogen-bond donors (Lipinski definition) is 1. The van der Waals surface area contributed by atoms with Crippen LogP contribution < -0.4 is 4.74 Å². The van der Waals surface area contributed by atoms with E-state index in [4.69, 9.17) is 19.4 Å². The molecule has 0 bridgehead atoms. The Hall–Kier alpha value is -4.96. The van der Waals surface area contributed by atoms with Gasteiger partial charge in [0.1, 0.15) is 12.4 Å². The number of aromatic nitrogens is 5. The molecule has 0 unspecified atom stereocenters. The predicted molar refractivity (Wildman–Crippen MR) is 162 cm³/mol. The van der Waals surface area contributed by atoms with Crippen molar-refractivity contribution in [2.24, 2.45) is 0 Å². The number of hydrogen-bond acceptors (Lipinski definition) is 7. The molecule has 5 aromatic rings. The van der Waals surface area contributed by atoms with Crippen molar-refractivity contribution in [2.45, 2.75) is 45.6 Å². The third-order valence-electron chi connectivity index (χ3n) is 7.95. The molecular weight excluding hydrogens is 544 g/mol. The second-order valence-electron chi connectivity index (χ2n) is 10.9. The van der Waals surface area contributed by atoms with E-state index in [2.05, 4.69) is 58.0 Å². The van der Waals surface area contributed by atoms with Crippen LogP contribution in [0.1, 0.15) is 46.5 Å². The topological polar surface area (TPSA) is 107 Å². The van der Waals surface area contributed by atoms with E-state index in [9.17, 15) is 9.90 Å². The van der Waals surface area contributed by atoms with Crippen LogP contribution >= 0.6 is 0 Å². The molecular formula is C33H32N6O4. The Morgan fingerprint density at radius 2 is 2.05 bits per heavy atom. The fourth-order valence-corrected chi connectivity index (χ4v) is 5.43. The van der Waals surface area contributed by atoms with Crippen molar-refractivity contribution in [3.05, 3.63) is 107 Å². The van der Waals surface area contributed by atoms with Crippen LogP contribution in [0.15, 0.2) is 79.1 Å². The Bertz CT molecular complexity index is 1880. The first-order valence-corrected chi connectivity index (χ1v) is 14.6. The second kappa shape index (κ2) is 11.4. The first-order chi connectivity index (χ1) is 21.0. The quantitative estimate of drug-likeness (QED) is 0.244. The summed E-state index contributed by atoms with van der Waals surface area (Å²) in [6.45, 7) is 5.18. The lowest BCUT2D eigenvalue weighted by Gasteiger charge is -2.28. The zero-order valence-electron chi connectivity index (χ0n) is 23.9. The van der Waals surface area contributed by atoms with Gasteiger partial charge in [-0.3, -0.25) is 0 Å². The van der Waals surface area contributed by atoms with Gasteiger partial charge in [0.2, 0.25) is 5.88 Å². The van der Waals surface area contributed by atoms with E-state index < -0.39 is 5.97 Å². The van der Waals surface area contributed by atoms with E-state index in [1.54, 1.807) is 18.2 Å². The Kier molecular flexibility index (Phi) is 7.12. The summed E-state index contributed by atoms with van der Waals surface area (Å²) < 4.78 is 15.7. The van der Waals surface area contributed by atoms with Gasteiger partial charge >= 0.3 is 5.97 Å². The number of pyridine rings is 2. The summed E-state index contributed by atoms with van der Waals surface area (Å²) in [5.41, 5.74) is 6.88. The third-order valence-corrected chi connectivity index (χ3v) is 7.95. The lowest BCUT2D eigenvalue weighted by molar-refractivity contribution is -0.0591. The SMILES string of the molecule is CCc1cc2ccc(COc3cccc(C4=CCN(Cc5nc6ccc(C(=O)O)cc6n5C[C@@H]5CCO5)C=C4)n3)cn2n1. The Labute approximate surface area is 248 Å². The first kappa shape index (κ1) is 26.9. The fraction of sp³-hybridized carbons (Fsp3) is 0.273. The van der Waals surface area contributed by atoms with Gasteiger partial charge in [-0.05, 0) is 60.9 Å². The number of benzene rings is 1. The van der Waals surface area contributed by atoms with E-state index in [0.29, 0.717) is 32.1 Å². The van der Waals surface area contributed by atoms with Crippen molar-refractivity contribution in [1.29, 1.82) is 0 Å². The van der Waals surface area contributed by atoms with Crippen LogP contribution in [0.25, 0.3) is 22.1 Å². The van der Waals surface area contributed by atoms with Gasteiger partial charge in [0.05, 0.1) is 52.7 Å². The summed E-state index contributed by atoms with van der Waals surface area (Å²) in [7, 11) is 0. The molecule has 4 aromatic heterocycles. The van der Waals surface area contributed by atoms with E-state index in [1.807, 2.05) is 28.9 Å². The maximum atomic E-state index is 11.6. The Morgan fingerprint density at radius 3 is 2.81 bits per heavy atom. The first-order valence-electron chi connectivity index (χ1n) is 14.6. The molecule has 2 aliphatic heterocycles. The number of carbonyl (C=O) groups is 1. The van der Waals surface area contributed by atoms with Crippen molar-refractivity contribution in [3.63, 3.8) is 0 Å². The van der Waals surface area contributed by atoms with Gasteiger partial charge in [-0.2, -0.15) is 5.10 Å². The Balaban J connectivity index is 1.03. The zero-order chi connectivity index (χ0) is 29.3. The second-order valence-corrected chi connectivity index (χ2v) is 10.9. The number of ether oxygens (including phenoxy) is 2. The van der Waals surface area contributed by atoms with Crippen LogP contribution in [0.5, 0.6) is 5.88 Å². The third kappa shape index (κ3) is 5.61. The maximum absolute atomic E-state index is 11.6. The minimum absolute atomic E-state index is 0.121. The van der Waals surface area contributed by atoms with Crippen molar-refractivity contribution >= 4 is 28.1 Å². The van der Waals surface area contributed by atoms with Gasteiger partial charge in [-0.25, -0.2) is 19.3 Å². The number of carboxylic acids is 1. The lowest BCUT2D eigenvalue weighted by atomic mass is 10.1. The van der Waals surface area contributed by atoms with Gasteiger partial charge < -0.3 is 24.0 Å². The van der Waals surface area contributed by atoms with Crippen molar-refractivity contribution in [3.8, 4) is 5.88 Å². The van der Waals surface area contributed by atoms with Crippen LogP contribution in [0.2, 0.25) is 0 Å². The van der Waals surface area contributed by atoms with Gasteiger partial charge in [0.25, 0.3) is 0 Å². The molecule has 1 atom stereocenters. The largest absolute Gasteiger partial charge is 0.478 e. The number of aromatic carboxylic acids is 1. The van der Waals surface area contributed by atoms with E-state index in [1.165, 1.54) is 0 Å². The van der Waals surface area contributed by atoms with Gasteiger partial charge in [-0.1, -0.05) is 25.1 Å². The smallest absolute Gasteiger partial charge is 0.335 e. The van der Waals surface area contributed by atoms with Crippen LogP contribution in [-0.2, 0) is 30.9 Å². The van der Waals surface area contributed by atoms with E-state index in [-0.39, 0.29) is 11.7 Å². The molecule has 1 fully saturated rings. The highest BCUT2D eigenvalue weighted by Gasteiger charge is 2.23. The standard InChI is InChI=1S/C33H32N6O4/c1-2-25-17-26-8-6-22(18-39(26)36-25)21-43-32-5-3-4-28(35-32)23-10-13-37(14-11-23)20-31-34-29-9-7-24(33(40)41)16-30(29)38(31)19-27-12-15-42-27/h3-11,13,16-18,27H,2,12,14-15,19-21H2,1H3,(H,40,41)/t27-/m0/s1. The van der Waals surface area contributed by atoms with Crippen LogP contribution in [-0.4, -0.2) is 59.4 Å². The summed E-state index contributed by atoms with van der Waals surface area (Å²) in [6, 6.07) is 17.1. The zero-order valence-corrected chi connectivity index (χ0v) is 23.9. The van der Waals surface area contributed by atoms with Gasteiger partial charge in [0.15, 0.2) is 0 Å². The van der Waals surface area contributed by atoms with Gasteiger partial charge in [-0.15, -0.1) is 0 Å². The number of fused-ring (bicyclic) bond motifs is 2. The number of carboxylic acid groups (broad SMARTS) is 1. The molecule has 7 rings (SSSR count). The molecule has 0 spiro atoms. The molecule has 218 valence electrons. The number of imidazole rings is 1. The van der Waals surface area contributed by atoms with Crippen LogP contribution in [0, 0.1) is 0 Å². The highest BCUT2D eigenvalue weighted by atomic mass is 16.5. The highest BCUT2D eigenvalue weighted by Crippen LogP contribution is 2.25. The van der Waals surface area contributed by atoms with Crippen LogP contribution in [0.4, 0.5) is 0 Å². The number of nitrogens with zero attached hydrogens (tertiary/aromatic N) is 6. The fourth-order valence-electron chi connectivity index (χ4n) is 5.43. The van der Waals surface area contributed by atoms with E-state index >= 15 is 0 Å². The Morgan fingerprint density at radius 1 is 1.14 bits per heavy atom. The molecule has 0 aliphatic carbocycles. The molecule has 10 heteroatoms. The van der Waals surface area contributed by atoms with Crippen molar-refractivity contribution in [1.82, 2.24) is 29.0 Å². The summed E-state index contributed by atoms with van der Waals surface area (Å²) in [5.74, 6) is 0.496. The minimum atomic E-state index is -0.947. The molecule has 43 heavy (non-hydrogen) atoms. The molecule has 1 aromatic carbocycles. The number of rotatable bonds is 10. The summed E-state index contributed by atoms with van der Waals surface area (Å²) >= 11 is 0. The molecule has 0 amide bonds. The average Bonchev–Trinajstić information content (AvgIpc) is 3.58. The average molecular weight is 577 g/mol. The highest BCUT2D eigenvalue weighted by molar-refractivity contribution is 5.92. The van der Waals surface area contributed by atoms with Crippen molar-refractivity contribution < 1.29 is 19.4 Å². The summed E-state index contributed by atoms with van der Waals surface area (Å²) in [5, 5.41) is 14.1. The summed E-state index contributed by atoms with van der Waals surface area (Å²) in [4.78, 5) is 23.4. The minimum Gasteiger partial charge on any atom is -0.478 e.